The van der Waals surface area contributed by atoms with Crippen molar-refractivity contribution >= 4 is 40.7 Å². The van der Waals surface area contributed by atoms with Crippen LogP contribution in [0.4, 0.5) is 11.4 Å². The van der Waals surface area contributed by atoms with Crippen LogP contribution < -0.4 is 10.0 Å². The number of carbonyl (C=O) groups is 3. The first-order chi connectivity index (χ1) is 26.7. The van der Waals surface area contributed by atoms with E-state index in [0.29, 0.717) is 18.7 Å². The van der Waals surface area contributed by atoms with Crippen molar-refractivity contribution in [1.29, 1.82) is 5.26 Å². The normalized spacial score (nSPS) is 17.9. The number of Topliss-reactive ketones (excluding diaryl/α,β-unsaturated/α-hetero) is 1. The molecule has 9 heteroatoms. The van der Waals surface area contributed by atoms with Gasteiger partial charge in [-0.05, 0) is 68.2 Å². The molecule has 1 aliphatic carbocycles. The molecule has 2 aliphatic heterocycles. The highest BCUT2D eigenvalue weighted by molar-refractivity contribution is 6.27. The number of allylic oxidation sites excluding steroid dienone is 7. The molecule has 3 aliphatic rings. The van der Waals surface area contributed by atoms with Gasteiger partial charge in [0.25, 0.3) is 0 Å². The van der Waals surface area contributed by atoms with Crippen LogP contribution in [0.3, 0.4) is 0 Å². The lowest BCUT2D eigenvalue weighted by Gasteiger charge is -2.30. The highest BCUT2D eigenvalue weighted by atomic mass is 16.4. The largest absolute Gasteiger partial charge is 0.762 e. The topological polar surface area (TPSA) is 147 Å². The number of hydrogen-bond acceptors (Lipinski definition) is 6. The van der Waals surface area contributed by atoms with E-state index in [1.54, 1.807) is 42.5 Å². The second-order valence-electron chi connectivity index (χ2n) is 16.3. The summed E-state index contributed by atoms with van der Waals surface area (Å²) in [6, 6.07) is 12.2. The molecule has 0 spiro atoms. The lowest BCUT2D eigenvalue weighted by Crippen LogP contribution is -2.33. The molecule has 0 amide bonds. The van der Waals surface area contributed by atoms with Crippen LogP contribution in [0.1, 0.15) is 150 Å². The fourth-order valence-corrected chi connectivity index (χ4v) is 8.52. The summed E-state index contributed by atoms with van der Waals surface area (Å²) in [4.78, 5) is 40.6. The minimum absolute atomic E-state index is 0.0743. The average molecular weight is 756 g/mol. The van der Waals surface area contributed by atoms with Gasteiger partial charge in [0.1, 0.15) is 12.6 Å². The molecule has 0 bridgehead atoms. The van der Waals surface area contributed by atoms with Gasteiger partial charge >= 0.3 is 5.97 Å². The molecular weight excluding hydrogens is 701 g/mol. The number of aromatic carboxylic acids is 2. The summed E-state index contributed by atoms with van der Waals surface area (Å²) in [6.45, 7) is 13.7. The fraction of sp³-hybridized carbons (Fsp3) is 0.468. The van der Waals surface area contributed by atoms with E-state index in [1.807, 2.05) is 45.7 Å². The molecule has 0 saturated heterocycles. The quantitative estimate of drug-likeness (QED) is 0.0495. The predicted molar refractivity (Wildman–Crippen MR) is 220 cm³/mol. The third kappa shape index (κ3) is 8.13. The van der Waals surface area contributed by atoms with Crippen molar-refractivity contribution < 1.29 is 29.2 Å². The number of rotatable bonds is 19. The molecule has 1 N–H and O–H groups in total. The summed E-state index contributed by atoms with van der Waals surface area (Å²) in [5.41, 5.74) is 4.51. The Hall–Kier alpha value is -5.32. The maximum Gasteiger partial charge on any atom is 0.335 e. The maximum absolute atomic E-state index is 14.5. The minimum atomic E-state index is -1.26. The molecule has 2 aromatic carbocycles. The summed E-state index contributed by atoms with van der Waals surface area (Å²) in [6.07, 6.45) is 16.7. The van der Waals surface area contributed by atoms with Gasteiger partial charge in [-0.2, -0.15) is 9.84 Å². The first-order valence-electron chi connectivity index (χ1n) is 20.3. The molecule has 0 atom stereocenters. The van der Waals surface area contributed by atoms with Crippen LogP contribution in [-0.4, -0.2) is 52.1 Å². The number of nitrogens with zero attached hydrogens (tertiary/aromatic N) is 4. The van der Waals surface area contributed by atoms with Crippen molar-refractivity contribution in [2.75, 3.05) is 18.0 Å². The molecule has 2 aromatic rings. The Morgan fingerprint density at radius 1 is 0.857 bits per heavy atom. The highest BCUT2D eigenvalue weighted by Gasteiger charge is 2.48. The molecule has 0 fully saturated rings. The number of unbranched alkanes of at least 4 members (excludes halogenated alkanes) is 10. The second-order valence-corrected chi connectivity index (χ2v) is 16.3. The Bertz CT molecular complexity index is 2130. The van der Waals surface area contributed by atoms with Crippen LogP contribution in [-0.2, 0) is 15.6 Å². The van der Waals surface area contributed by atoms with E-state index in [4.69, 9.17) is 0 Å². The molecule has 294 valence electrons. The summed E-state index contributed by atoms with van der Waals surface area (Å²) in [5, 5.41) is 42.2. The number of hydrogen-bond donors (Lipinski definition) is 1. The Kier molecular flexibility index (Phi) is 13.2. The zero-order valence-electron chi connectivity index (χ0n) is 33.9. The number of carbonyl (C=O) groups excluding carboxylic acids is 2. The predicted octanol–water partition coefficient (Wildman–Crippen LogP) is 9.02. The molecule has 5 rings (SSSR count). The Morgan fingerprint density at radius 3 is 2.07 bits per heavy atom. The molecule has 0 saturated carbocycles. The number of ketones is 1. The molecule has 0 radical (unpaired) electrons. The lowest BCUT2D eigenvalue weighted by atomic mass is 9.73. The number of carboxylic acid groups (broad SMARTS) is 2. The van der Waals surface area contributed by atoms with Crippen molar-refractivity contribution in [3.05, 3.63) is 104 Å². The van der Waals surface area contributed by atoms with Crippen LogP contribution in [0.2, 0.25) is 0 Å². The fourth-order valence-electron chi connectivity index (χ4n) is 8.52. The van der Waals surface area contributed by atoms with E-state index < -0.39 is 22.8 Å². The Morgan fingerprint density at radius 2 is 1.46 bits per heavy atom. The van der Waals surface area contributed by atoms with Gasteiger partial charge in [0.2, 0.25) is 5.69 Å². The summed E-state index contributed by atoms with van der Waals surface area (Å²) in [7, 11) is 0. The van der Waals surface area contributed by atoms with E-state index in [2.05, 4.69) is 23.3 Å². The first kappa shape index (κ1) is 41.8. The van der Waals surface area contributed by atoms with Gasteiger partial charge in [-0.1, -0.05) is 91.5 Å². The maximum atomic E-state index is 14.5. The van der Waals surface area contributed by atoms with E-state index in [1.165, 1.54) is 19.3 Å². The molecule has 0 unspecified atom stereocenters. The molecule has 9 nitrogen and oxygen atoms in total. The monoisotopic (exact) mass is 755 g/mol. The van der Waals surface area contributed by atoms with Gasteiger partial charge in [0, 0.05) is 64.2 Å². The van der Waals surface area contributed by atoms with E-state index >= 15 is 0 Å². The van der Waals surface area contributed by atoms with E-state index in [-0.39, 0.29) is 33.6 Å². The van der Waals surface area contributed by atoms with Crippen LogP contribution in [0.15, 0.2) is 76.5 Å². The van der Waals surface area contributed by atoms with Gasteiger partial charge < -0.3 is 25.3 Å². The number of nitriles is 1. The van der Waals surface area contributed by atoms with Crippen molar-refractivity contribution in [3.8, 4) is 6.07 Å². The number of fused-ring (bicyclic) bond motifs is 2. The standard InChI is InChI=1S/C47H56N4O5/c1-7-9-11-13-15-17-23-50-38-21-19-31(44(53)54)25-36(38)46(3,4)40(50)27-34-42(33(29-48)30-49)35(43(34)52)28-41-47(5,6)37-26-32(45(55)56)20-22-39(37)51(41)24-18-16-14-12-10-8-2/h19-22,25-28H,7-18,23-24H2,1-6H3,(H,53,54)(H,55,56)/p-1. The summed E-state index contributed by atoms with van der Waals surface area (Å²) >= 11 is 0. The van der Waals surface area contributed by atoms with Gasteiger partial charge in [0.15, 0.2) is 11.5 Å². The van der Waals surface area contributed by atoms with Crippen molar-refractivity contribution in [2.45, 2.75) is 129 Å². The first-order valence-corrected chi connectivity index (χ1v) is 20.3. The second kappa shape index (κ2) is 17.6. The van der Waals surface area contributed by atoms with Gasteiger partial charge in [-0.3, -0.25) is 4.79 Å². The third-order valence-corrected chi connectivity index (χ3v) is 11.8. The molecule has 2 heterocycles. The van der Waals surface area contributed by atoms with Crippen molar-refractivity contribution in [2.24, 2.45) is 0 Å². The summed E-state index contributed by atoms with van der Waals surface area (Å²) < 4.78 is 2.17. The lowest BCUT2D eigenvalue weighted by molar-refractivity contribution is -0.438. The number of anilines is 1. The smallest absolute Gasteiger partial charge is 0.335 e. The summed E-state index contributed by atoms with van der Waals surface area (Å²) in [5.74, 6) is -0.532. The van der Waals surface area contributed by atoms with Crippen LogP contribution in [0.25, 0.3) is 5.41 Å². The number of carboxylic acids is 2. The van der Waals surface area contributed by atoms with E-state index in [9.17, 15) is 35.3 Å². The van der Waals surface area contributed by atoms with Gasteiger partial charge in [0.05, 0.1) is 22.5 Å². The zero-order valence-corrected chi connectivity index (χ0v) is 33.9. The Labute approximate surface area is 332 Å². The SMILES string of the molecule is CCCCCCCCN1/C(=C/C2=C(C(=C=[N-])C#N)C(=C/C3=[N+](CCCCCCCC)c4ccc(C(=O)O)cc4C3(C)C)/C2=O)C(C)(C)c2cc(C(=O)[O-])ccc21. The van der Waals surface area contributed by atoms with Crippen molar-refractivity contribution in [1.82, 2.24) is 0 Å². The molecular formula is C47H55N4O5-. The van der Waals surface area contributed by atoms with Crippen LogP contribution in [0, 0.1) is 11.3 Å². The minimum Gasteiger partial charge on any atom is -0.762 e. The van der Waals surface area contributed by atoms with E-state index in [0.717, 1.165) is 91.7 Å². The highest BCUT2D eigenvalue weighted by Crippen LogP contribution is 2.50. The molecule has 0 aromatic heterocycles. The Balaban J connectivity index is 1.63. The van der Waals surface area contributed by atoms with Gasteiger partial charge in [-0.25, -0.2) is 10.7 Å². The molecule has 56 heavy (non-hydrogen) atoms. The number of benzene rings is 2. The zero-order chi connectivity index (χ0) is 40.8. The van der Waals surface area contributed by atoms with Gasteiger partial charge in [-0.15, -0.1) is 0 Å². The van der Waals surface area contributed by atoms with Crippen LogP contribution in [0.5, 0.6) is 0 Å². The van der Waals surface area contributed by atoms with Crippen molar-refractivity contribution in [3.63, 3.8) is 0 Å². The average Bonchev–Trinajstić information content (AvgIpc) is 3.51. The third-order valence-electron chi connectivity index (χ3n) is 11.8. The van der Waals surface area contributed by atoms with Crippen LogP contribution >= 0.6 is 0 Å².